The van der Waals surface area contributed by atoms with Crippen LogP contribution in [0.2, 0.25) is 0 Å². The van der Waals surface area contributed by atoms with Crippen molar-refractivity contribution in [3.05, 3.63) is 142 Å². The lowest BCUT2D eigenvalue weighted by Crippen LogP contribution is -2.66. The zero-order valence-electron chi connectivity index (χ0n) is 61.9. The van der Waals surface area contributed by atoms with Crippen LogP contribution in [0.4, 0.5) is 4.39 Å². The fraction of sp³-hybridized carbons (Fsp3) is 0.500. The first-order valence-electron chi connectivity index (χ1n) is 35.6. The number of aliphatic carboxylic acids is 1. The number of aromatic amines is 1. The van der Waals surface area contributed by atoms with Crippen molar-refractivity contribution in [2.24, 2.45) is 11.1 Å². The summed E-state index contributed by atoms with van der Waals surface area (Å²) in [7, 11) is 0. The summed E-state index contributed by atoms with van der Waals surface area (Å²) >= 11 is 0. The molecule has 0 aliphatic carbocycles. The van der Waals surface area contributed by atoms with Gasteiger partial charge in [-0.2, -0.15) is 5.21 Å². The second-order valence-electron chi connectivity index (χ2n) is 26.9. The number of aliphatic hydroxyl groups excluding tert-OH is 2. The van der Waals surface area contributed by atoms with Crippen molar-refractivity contribution in [1.82, 2.24) is 78.2 Å². The molecule has 107 heavy (non-hydrogen) atoms. The van der Waals surface area contributed by atoms with E-state index in [1.165, 1.54) is 32.0 Å². The minimum absolute atomic E-state index is 0.0894. The van der Waals surface area contributed by atoms with E-state index in [2.05, 4.69) is 73.5 Å². The van der Waals surface area contributed by atoms with Crippen LogP contribution in [-0.2, 0) is 103 Å². The zero-order chi connectivity index (χ0) is 78.4. The number of H-pyrrole nitrogens is 1. The molecule has 2 heterocycles. The number of aromatic nitrogens is 7. The Morgan fingerprint density at radius 1 is 0.673 bits per heavy atom. The number of aliphatic hydroxyl groups is 2. The number of aryl methyl sites for hydroxylation is 5. The van der Waals surface area contributed by atoms with Gasteiger partial charge in [-0.1, -0.05) is 102 Å². The molecule has 0 radical (unpaired) electrons. The number of halogens is 1. The summed E-state index contributed by atoms with van der Waals surface area (Å²) in [5.41, 5.74) is 8.64. The smallest absolute Gasteiger partial charge is 0.305 e. The third kappa shape index (κ3) is 26.7. The first-order chi connectivity index (χ1) is 51.0. The standard InChI is InChI=1S/C74H101FN16O16/c1-10-29-105-31-32-106-43-52-41-91(90-85-52)28-15-16-30-107-53-26-27-54(49(11-2)37-53)50-24-22-47(23-25-50)36-57(65(97)78-56(64(76)96)21-17-18-48-34-44(4)33-45(5)35-48)79-66(98)59(39-62(94)95)80-67(99)60(42-92)81-69(101)63(46(6)93)83-72(104)74(9,40-51-19-13-14-20-55(51)75)84-68(100)58(38-61-86-88-89-87-61)82-71(103)73(7,8)70(102)77-12-3/h13-14,19-20,22-27,33-35,37,41,46,56-60,63,92-93H,10-12,15-18,21,28-32,36,38-40,42-43H2,1-9H3,(H2,76,96)(H,77,102)(H,78,97)(H,79,98)(H,80,99)(H,81,101)(H,82,103)(H,83,104)(H,84,100)(H,94,95)(H,86,87,88,89)/t46-,56?,57?,58?,59+,60+,63?,74+/m1/s1. The molecule has 6 rings (SSSR count). The fourth-order valence-electron chi connectivity index (χ4n) is 11.5. The predicted molar refractivity (Wildman–Crippen MR) is 388 cm³/mol. The number of hydrogen-bond donors (Lipinski definition) is 13. The predicted octanol–water partition coefficient (Wildman–Crippen LogP) is 1.91. The summed E-state index contributed by atoms with van der Waals surface area (Å²) in [6, 6.07) is 13.5. The number of nitrogens with two attached hydrogens (primary N) is 1. The largest absolute Gasteiger partial charge is 0.494 e. The molecule has 4 aromatic carbocycles. The second-order valence-corrected chi connectivity index (χ2v) is 26.9. The molecule has 33 heteroatoms. The number of nitrogens with zero attached hydrogens (tertiary/aromatic N) is 6. The van der Waals surface area contributed by atoms with Gasteiger partial charge in [0.1, 0.15) is 64.5 Å². The van der Waals surface area contributed by atoms with Gasteiger partial charge in [-0.25, -0.2) is 4.39 Å². The number of amides is 9. The minimum Gasteiger partial charge on any atom is -0.494 e. The van der Waals surface area contributed by atoms with Crippen molar-refractivity contribution in [2.45, 2.75) is 194 Å². The molecule has 0 aliphatic rings. The van der Waals surface area contributed by atoms with Crippen LogP contribution in [0.15, 0.2) is 91.1 Å². The highest BCUT2D eigenvalue weighted by molar-refractivity contribution is 6.06. The highest BCUT2D eigenvalue weighted by Gasteiger charge is 2.44. The Bertz CT molecular complexity index is 3950. The van der Waals surface area contributed by atoms with E-state index in [9.17, 15) is 63.3 Å². The number of ether oxygens (including phenoxy) is 3. The highest BCUT2D eigenvalue weighted by atomic mass is 19.1. The highest BCUT2D eigenvalue weighted by Crippen LogP contribution is 2.29. The average Bonchev–Trinajstić information content (AvgIpc) is 1.25. The number of primary amides is 1. The van der Waals surface area contributed by atoms with Gasteiger partial charge in [-0.15, -0.1) is 15.3 Å². The van der Waals surface area contributed by atoms with Gasteiger partial charge >= 0.3 is 5.97 Å². The molecule has 0 bridgehead atoms. The Morgan fingerprint density at radius 2 is 1.34 bits per heavy atom. The molecule has 6 aromatic rings. The summed E-state index contributed by atoms with van der Waals surface area (Å²) in [5.74, 6) is -11.6. The maximum Gasteiger partial charge on any atom is 0.305 e. The Morgan fingerprint density at radius 3 is 1.98 bits per heavy atom. The molecule has 14 N–H and O–H groups in total. The van der Waals surface area contributed by atoms with E-state index in [-0.39, 0.29) is 30.8 Å². The molecule has 0 spiro atoms. The lowest BCUT2D eigenvalue weighted by atomic mass is 9.89. The Balaban J connectivity index is 1.18. The van der Waals surface area contributed by atoms with Crippen LogP contribution < -0.4 is 53.0 Å². The molecule has 0 saturated carbocycles. The maximum absolute atomic E-state index is 15.5. The third-order valence-electron chi connectivity index (χ3n) is 17.5. The SMILES string of the molecule is CCCOCCOCc1cn(CCCCOc2ccc(-c3ccc(CC(NC(=O)[C@H](CC(=O)O)NC(=O)[C@H](CO)NC(=O)C(NC(=O)[C@](C)(Cc4ccccc4F)NC(=O)C(Cc4nn[nH]n4)NC(=O)C(C)(C)C(=O)NCC)[C@@H](C)O)C(=O)NC(CCCc4cc(C)cc(C)c4)C(N)=O)cc3)c(CC)c2)nn1. The monoisotopic (exact) mass is 1490 g/mol. The Kier molecular flexibility index (Phi) is 33.4. The van der Waals surface area contributed by atoms with Crippen molar-refractivity contribution in [2.75, 3.05) is 39.6 Å². The van der Waals surface area contributed by atoms with Crippen LogP contribution in [0.1, 0.15) is 132 Å². The fourth-order valence-corrected chi connectivity index (χ4v) is 11.5. The van der Waals surface area contributed by atoms with Crippen LogP contribution >= 0.6 is 0 Å². The molecule has 0 saturated heterocycles. The lowest BCUT2D eigenvalue weighted by molar-refractivity contribution is -0.144. The average molecular weight is 1490 g/mol. The number of carbonyl (C=O) groups excluding carboxylic acids is 9. The van der Waals surface area contributed by atoms with Crippen molar-refractivity contribution in [3.63, 3.8) is 0 Å². The van der Waals surface area contributed by atoms with Crippen molar-refractivity contribution < 1.29 is 81.9 Å². The van der Waals surface area contributed by atoms with Crippen LogP contribution in [0.5, 0.6) is 5.75 Å². The third-order valence-corrected chi connectivity index (χ3v) is 17.5. The topological polar surface area (TPSA) is 467 Å². The number of carboxylic acid groups (broad SMARTS) is 1. The molecular formula is C74H101FN16O16. The van der Waals surface area contributed by atoms with Crippen molar-refractivity contribution >= 4 is 59.1 Å². The first-order valence-corrected chi connectivity index (χ1v) is 35.6. The number of carboxylic acids is 1. The van der Waals surface area contributed by atoms with E-state index >= 15 is 4.39 Å². The van der Waals surface area contributed by atoms with Gasteiger partial charge in [0, 0.05) is 39.0 Å². The van der Waals surface area contributed by atoms with Crippen molar-refractivity contribution in [3.8, 4) is 16.9 Å². The van der Waals surface area contributed by atoms with E-state index in [0.29, 0.717) is 70.2 Å². The number of nitrogens with one attached hydrogen (secondary N) is 9. The summed E-state index contributed by atoms with van der Waals surface area (Å²) in [5, 5.41) is 73.1. The van der Waals surface area contributed by atoms with E-state index < -0.39 is 144 Å². The minimum atomic E-state index is -2.29. The summed E-state index contributed by atoms with van der Waals surface area (Å²) in [6.45, 7) is 16.5. The molecule has 32 nitrogen and oxygen atoms in total. The number of carbonyl (C=O) groups is 10. The van der Waals surface area contributed by atoms with Gasteiger partial charge in [-0.05, 0) is 145 Å². The van der Waals surface area contributed by atoms with Gasteiger partial charge in [0.25, 0.3) is 0 Å². The molecule has 8 atom stereocenters. The molecule has 4 unspecified atom stereocenters. The van der Waals surface area contributed by atoms with Gasteiger partial charge in [0.05, 0.1) is 51.8 Å². The summed E-state index contributed by atoms with van der Waals surface area (Å²) in [6.07, 6.45) is 1.68. The van der Waals surface area contributed by atoms with Crippen LogP contribution in [0, 0.1) is 25.1 Å². The number of unbranched alkanes of at least 4 members (excludes halogenated alkanes) is 1. The molecular weight excluding hydrogens is 1390 g/mol. The normalized spacial score (nSPS) is 13.9. The van der Waals surface area contributed by atoms with E-state index in [1.807, 2.05) is 82.4 Å². The number of tetrazole rings is 1. The molecule has 580 valence electrons. The van der Waals surface area contributed by atoms with Crippen LogP contribution in [-0.4, -0.2) is 198 Å². The van der Waals surface area contributed by atoms with E-state index in [0.717, 1.165) is 78.3 Å². The maximum atomic E-state index is 15.5. The lowest BCUT2D eigenvalue weighted by Gasteiger charge is -2.34. The van der Waals surface area contributed by atoms with Gasteiger partial charge in [0.15, 0.2) is 5.82 Å². The number of benzene rings is 4. The molecule has 0 aliphatic heterocycles. The van der Waals surface area contributed by atoms with Crippen LogP contribution in [0.3, 0.4) is 0 Å². The zero-order valence-corrected chi connectivity index (χ0v) is 61.9. The number of hydrogen-bond acceptors (Lipinski definition) is 20. The number of rotatable bonds is 46. The summed E-state index contributed by atoms with van der Waals surface area (Å²) in [4.78, 5) is 139. The van der Waals surface area contributed by atoms with E-state index in [4.69, 9.17) is 19.9 Å². The first kappa shape index (κ1) is 85.3. The van der Waals surface area contributed by atoms with Gasteiger partial charge < -0.3 is 77.8 Å². The van der Waals surface area contributed by atoms with Crippen molar-refractivity contribution in [1.29, 1.82) is 0 Å². The van der Waals surface area contributed by atoms with Crippen LogP contribution in [0.25, 0.3) is 11.1 Å². The quantitative estimate of drug-likeness (QED) is 0.0192. The molecule has 9 amide bonds. The van der Waals surface area contributed by atoms with E-state index in [1.54, 1.807) is 23.7 Å². The van der Waals surface area contributed by atoms with Gasteiger partial charge in [0.2, 0.25) is 53.2 Å². The molecule has 2 aromatic heterocycles. The Labute approximate surface area is 620 Å². The molecule has 0 fully saturated rings. The van der Waals surface area contributed by atoms with Gasteiger partial charge in [-0.3, -0.25) is 52.6 Å². The summed E-state index contributed by atoms with van der Waals surface area (Å²) < 4.78 is 34.5. The Hall–Kier alpha value is -10.6. The second kappa shape index (κ2) is 41.9.